The van der Waals surface area contributed by atoms with Gasteiger partial charge < -0.3 is 9.15 Å². The molecule has 6 heteroatoms. The molecular formula is C15H19N3O3. The van der Waals surface area contributed by atoms with E-state index in [1.807, 2.05) is 24.3 Å². The van der Waals surface area contributed by atoms with E-state index in [1.54, 1.807) is 0 Å². The number of rotatable bonds is 3. The van der Waals surface area contributed by atoms with Crippen molar-refractivity contribution in [1.82, 2.24) is 10.3 Å². The van der Waals surface area contributed by atoms with Crippen LogP contribution in [0.15, 0.2) is 28.7 Å². The molecule has 21 heavy (non-hydrogen) atoms. The molecule has 0 aliphatic carbocycles. The third kappa shape index (κ3) is 2.92. The van der Waals surface area contributed by atoms with Crippen molar-refractivity contribution in [3.05, 3.63) is 35.6 Å². The normalized spacial score (nSPS) is 16.8. The Hall–Kier alpha value is -1.89. The summed E-state index contributed by atoms with van der Waals surface area (Å²) in [6.07, 6.45) is 0.994. The van der Waals surface area contributed by atoms with Crippen molar-refractivity contribution < 1.29 is 13.9 Å². The number of carbonyl (C=O) groups is 1. The lowest BCUT2D eigenvalue weighted by Gasteiger charge is -2.18. The molecule has 0 unspecified atom stereocenters. The molecule has 0 radical (unpaired) electrons. The first-order valence-electron chi connectivity index (χ1n) is 7.11. The molecule has 1 aliphatic rings. The minimum atomic E-state index is -0.396. The Balaban J connectivity index is 1.96. The van der Waals surface area contributed by atoms with Crippen LogP contribution in [-0.2, 0) is 11.3 Å². The standard InChI is InChI=1S/C15H19N3O3/c16-17-15(19)14-12(10-18-6-3-8-20-9-7-18)11-4-1-2-5-13(11)21-14/h1-2,4-5H,3,6-10,16H2,(H,17,19). The Morgan fingerprint density at radius 2 is 2.14 bits per heavy atom. The molecule has 1 aromatic carbocycles. The number of hydrogen-bond donors (Lipinski definition) is 2. The van der Waals surface area contributed by atoms with Gasteiger partial charge in [0, 0.05) is 37.2 Å². The van der Waals surface area contributed by atoms with Crippen LogP contribution < -0.4 is 11.3 Å². The summed E-state index contributed by atoms with van der Waals surface area (Å²) >= 11 is 0. The number of nitrogens with two attached hydrogens (primary N) is 1. The van der Waals surface area contributed by atoms with Crippen molar-refractivity contribution in [1.29, 1.82) is 0 Å². The van der Waals surface area contributed by atoms with Crippen LogP contribution in [0.5, 0.6) is 0 Å². The molecule has 2 heterocycles. The number of nitrogens with zero attached hydrogens (tertiary/aromatic N) is 1. The van der Waals surface area contributed by atoms with Gasteiger partial charge in [-0.1, -0.05) is 18.2 Å². The summed E-state index contributed by atoms with van der Waals surface area (Å²) in [6, 6.07) is 7.66. The fourth-order valence-electron chi connectivity index (χ4n) is 2.68. The lowest BCUT2D eigenvalue weighted by atomic mass is 10.1. The first-order chi connectivity index (χ1) is 10.3. The van der Waals surface area contributed by atoms with Crippen molar-refractivity contribution in [2.75, 3.05) is 26.3 Å². The number of hydrazine groups is 1. The van der Waals surface area contributed by atoms with Gasteiger partial charge in [0.2, 0.25) is 0 Å². The number of furan rings is 1. The topological polar surface area (TPSA) is 80.7 Å². The summed E-state index contributed by atoms with van der Waals surface area (Å²) in [5.74, 6) is 5.16. The van der Waals surface area contributed by atoms with Crippen LogP contribution in [0.4, 0.5) is 0 Å². The molecule has 6 nitrogen and oxygen atoms in total. The number of carbonyl (C=O) groups excluding carboxylic acids is 1. The van der Waals surface area contributed by atoms with E-state index in [2.05, 4.69) is 10.3 Å². The molecule has 112 valence electrons. The molecule has 1 fully saturated rings. The van der Waals surface area contributed by atoms with Gasteiger partial charge in [0.05, 0.1) is 6.61 Å². The zero-order chi connectivity index (χ0) is 14.7. The lowest BCUT2D eigenvalue weighted by molar-refractivity contribution is 0.0925. The number of fused-ring (bicyclic) bond motifs is 1. The maximum Gasteiger partial charge on any atom is 0.301 e. The van der Waals surface area contributed by atoms with Crippen LogP contribution in [0.3, 0.4) is 0 Å². The third-order valence-electron chi connectivity index (χ3n) is 3.73. The fourth-order valence-corrected chi connectivity index (χ4v) is 2.68. The second-order valence-electron chi connectivity index (χ2n) is 5.12. The zero-order valence-electron chi connectivity index (χ0n) is 11.8. The first-order valence-corrected chi connectivity index (χ1v) is 7.11. The maximum absolute atomic E-state index is 11.9. The van der Waals surface area contributed by atoms with E-state index in [0.29, 0.717) is 24.5 Å². The molecule has 0 saturated carbocycles. The van der Waals surface area contributed by atoms with E-state index in [0.717, 1.165) is 37.1 Å². The predicted octanol–water partition coefficient (Wildman–Crippen LogP) is 1.26. The van der Waals surface area contributed by atoms with Gasteiger partial charge in [0.15, 0.2) is 5.76 Å². The van der Waals surface area contributed by atoms with Crippen LogP contribution in [0, 0.1) is 0 Å². The molecule has 0 spiro atoms. The SMILES string of the molecule is NNC(=O)c1oc2ccccc2c1CN1CCCOCC1. The number of para-hydroxylation sites is 1. The second-order valence-corrected chi connectivity index (χ2v) is 5.12. The van der Waals surface area contributed by atoms with Crippen molar-refractivity contribution in [2.24, 2.45) is 5.84 Å². The quantitative estimate of drug-likeness (QED) is 0.505. The largest absolute Gasteiger partial charge is 0.451 e. The number of benzene rings is 1. The van der Waals surface area contributed by atoms with Gasteiger partial charge in [-0.2, -0.15) is 0 Å². The highest BCUT2D eigenvalue weighted by molar-refractivity contribution is 5.98. The monoisotopic (exact) mass is 289 g/mol. The van der Waals surface area contributed by atoms with Gasteiger partial charge in [0.25, 0.3) is 0 Å². The zero-order valence-corrected chi connectivity index (χ0v) is 11.8. The van der Waals surface area contributed by atoms with Crippen molar-refractivity contribution >= 4 is 16.9 Å². The number of hydrogen-bond acceptors (Lipinski definition) is 5. The Morgan fingerprint density at radius 3 is 3.00 bits per heavy atom. The summed E-state index contributed by atoms with van der Waals surface area (Å²) < 4.78 is 11.1. The van der Waals surface area contributed by atoms with Gasteiger partial charge in [-0.05, 0) is 12.5 Å². The Morgan fingerprint density at radius 1 is 1.29 bits per heavy atom. The number of nitrogen functional groups attached to an aromatic ring is 1. The number of ether oxygens (including phenoxy) is 1. The fraction of sp³-hybridized carbons (Fsp3) is 0.400. The highest BCUT2D eigenvalue weighted by atomic mass is 16.5. The summed E-state index contributed by atoms with van der Waals surface area (Å²) in [7, 11) is 0. The van der Waals surface area contributed by atoms with Crippen LogP contribution in [0.2, 0.25) is 0 Å². The molecule has 1 aromatic heterocycles. The highest BCUT2D eigenvalue weighted by Gasteiger charge is 2.22. The van der Waals surface area contributed by atoms with Gasteiger partial charge in [-0.3, -0.25) is 15.1 Å². The molecule has 0 bridgehead atoms. The summed E-state index contributed by atoms with van der Waals surface area (Å²) in [5.41, 5.74) is 3.75. The molecule has 3 N–H and O–H groups in total. The van der Waals surface area contributed by atoms with Crippen molar-refractivity contribution in [3.63, 3.8) is 0 Å². The average Bonchev–Trinajstić information content (AvgIpc) is 2.69. The first kappa shape index (κ1) is 14.1. The van der Waals surface area contributed by atoms with Crippen LogP contribution in [0.25, 0.3) is 11.0 Å². The van der Waals surface area contributed by atoms with E-state index >= 15 is 0 Å². The predicted molar refractivity (Wildman–Crippen MR) is 78.6 cm³/mol. The number of amides is 1. The Labute approximate surface area is 122 Å². The third-order valence-corrected chi connectivity index (χ3v) is 3.73. The lowest BCUT2D eigenvalue weighted by Crippen LogP contribution is -2.32. The van der Waals surface area contributed by atoms with Gasteiger partial charge in [0.1, 0.15) is 5.58 Å². The smallest absolute Gasteiger partial charge is 0.301 e. The highest BCUT2D eigenvalue weighted by Crippen LogP contribution is 2.27. The van der Waals surface area contributed by atoms with Crippen LogP contribution in [-0.4, -0.2) is 37.1 Å². The minimum absolute atomic E-state index is 0.295. The molecule has 0 atom stereocenters. The van der Waals surface area contributed by atoms with Crippen molar-refractivity contribution in [3.8, 4) is 0 Å². The molecule has 2 aromatic rings. The van der Waals surface area contributed by atoms with E-state index in [9.17, 15) is 4.79 Å². The number of nitrogens with one attached hydrogen (secondary N) is 1. The molecule has 1 amide bonds. The molecule has 1 saturated heterocycles. The van der Waals surface area contributed by atoms with Gasteiger partial charge in [-0.25, -0.2) is 5.84 Å². The van der Waals surface area contributed by atoms with E-state index < -0.39 is 5.91 Å². The van der Waals surface area contributed by atoms with Crippen LogP contribution >= 0.6 is 0 Å². The summed E-state index contributed by atoms with van der Waals surface area (Å²) in [4.78, 5) is 14.2. The van der Waals surface area contributed by atoms with Crippen LogP contribution in [0.1, 0.15) is 22.5 Å². The van der Waals surface area contributed by atoms with E-state index in [-0.39, 0.29) is 0 Å². The summed E-state index contributed by atoms with van der Waals surface area (Å²) in [6.45, 7) is 3.96. The average molecular weight is 289 g/mol. The second kappa shape index (κ2) is 6.26. The van der Waals surface area contributed by atoms with Crippen molar-refractivity contribution in [2.45, 2.75) is 13.0 Å². The minimum Gasteiger partial charge on any atom is -0.451 e. The summed E-state index contributed by atoms with van der Waals surface area (Å²) in [5, 5.41) is 0.960. The maximum atomic E-state index is 11.9. The van der Waals surface area contributed by atoms with E-state index in [4.69, 9.17) is 15.0 Å². The molecule has 1 aliphatic heterocycles. The Bertz CT molecular complexity index is 630. The van der Waals surface area contributed by atoms with Gasteiger partial charge in [-0.15, -0.1) is 0 Å². The molecule has 3 rings (SSSR count). The Kier molecular flexibility index (Phi) is 4.19. The van der Waals surface area contributed by atoms with Gasteiger partial charge >= 0.3 is 5.91 Å². The molecular weight excluding hydrogens is 270 g/mol. The van der Waals surface area contributed by atoms with E-state index in [1.165, 1.54) is 0 Å².